The summed E-state index contributed by atoms with van der Waals surface area (Å²) >= 11 is 0. The van der Waals surface area contributed by atoms with Crippen molar-refractivity contribution < 1.29 is 19.3 Å². The van der Waals surface area contributed by atoms with Gasteiger partial charge in [-0.1, -0.05) is 37.3 Å². The molecule has 1 aromatic carbocycles. The number of nitrogens with zero attached hydrogens (tertiary/aromatic N) is 2. The minimum atomic E-state index is -0.800. The molecule has 1 aromatic heterocycles. The molecule has 1 N–H and O–H groups in total. The molecule has 6 atom stereocenters. The fourth-order valence-electron chi connectivity index (χ4n) is 5.45. The Kier molecular flexibility index (Phi) is 5.13. The maximum Gasteiger partial charge on any atom is 0.335 e. The fraction of sp³-hybridized carbons (Fsp3) is 0.565. The minimum absolute atomic E-state index is 0.0558. The van der Waals surface area contributed by atoms with E-state index in [1.54, 1.807) is 6.92 Å². The molecule has 8 heteroatoms. The average molecular weight is 428 g/mol. The summed E-state index contributed by atoms with van der Waals surface area (Å²) in [5.74, 6) is -0.0558. The van der Waals surface area contributed by atoms with E-state index < -0.39 is 23.6 Å². The van der Waals surface area contributed by atoms with Crippen LogP contribution in [0.1, 0.15) is 43.5 Å². The minimum Gasteiger partial charge on any atom is -0.390 e. The summed E-state index contributed by atoms with van der Waals surface area (Å²) in [5.41, 5.74) is -0.319. The van der Waals surface area contributed by atoms with E-state index in [9.17, 15) is 14.7 Å². The van der Waals surface area contributed by atoms with Crippen LogP contribution in [0.4, 0.5) is 0 Å². The second-order valence-corrected chi connectivity index (χ2v) is 8.88. The van der Waals surface area contributed by atoms with Crippen molar-refractivity contribution in [1.82, 2.24) is 9.13 Å². The number of rotatable bonds is 5. The Hall–Kier alpha value is -2.26. The summed E-state index contributed by atoms with van der Waals surface area (Å²) in [7, 11) is 0. The van der Waals surface area contributed by atoms with Crippen LogP contribution in [0.3, 0.4) is 0 Å². The lowest BCUT2D eigenvalue weighted by atomic mass is 9.74. The Bertz CT molecular complexity index is 1080. The lowest BCUT2D eigenvalue weighted by molar-refractivity contribution is -0.253. The normalized spacial score (nSPS) is 34.1. The van der Waals surface area contributed by atoms with Crippen LogP contribution >= 0.6 is 0 Å². The standard InChI is InChI=1S/C23H28N2O6/c1-14-11-24(21-19-15(2)23(31-21)17(26)9-6-10-18(23)30-19)22(28)25(20(14)27)13-29-12-16-7-4-3-5-8-16/h3-5,7-8,11,15,17-19,21,26H,6,9-10,12-13H2,1-2H3/t15?,17-,18-,19+,21-,23?/m1/s1. The monoisotopic (exact) mass is 428 g/mol. The van der Waals surface area contributed by atoms with E-state index in [2.05, 4.69) is 0 Å². The highest BCUT2D eigenvalue weighted by molar-refractivity contribution is 5.16. The molecule has 0 amide bonds. The number of hydrogen-bond acceptors (Lipinski definition) is 6. The van der Waals surface area contributed by atoms with Gasteiger partial charge in [0.25, 0.3) is 5.56 Å². The van der Waals surface area contributed by atoms with Crippen LogP contribution in [0.5, 0.6) is 0 Å². The number of aryl methyl sites for hydroxylation is 1. The predicted molar refractivity (Wildman–Crippen MR) is 111 cm³/mol. The topological polar surface area (TPSA) is 91.9 Å². The first-order valence-electron chi connectivity index (χ1n) is 10.9. The molecule has 2 aliphatic heterocycles. The van der Waals surface area contributed by atoms with Crippen molar-refractivity contribution in [2.24, 2.45) is 5.92 Å². The zero-order valence-corrected chi connectivity index (χ0v) is 17.8. The van der Waals surface area contributed by atoms with Gasteiger partial charge in [-0.25, -0.2) is 9.36 Å². The van der Waals surface area contributed by atoms with Crippen molar-refractivity contribution in [2.75, 3.05) is 0 Å². The Labute approximate surface area is 180 Å². The van der Waals surface area contributed by atoms with Gasteiger partial charge in [-0.05, 0) is 31.7 Å². The Morgan fingerprint density at radius 2 is 2.00 bits per heavy atom. The van der Waals surface area contributed by atoms with Crippen LogP contribution < -0.4 is 11.2 Å². The number of hydrogen-bond donors (Lipinski definition) is 1. The Balaban J connectivity index is 1.43. The molecule has 1 aliphatic carbocycles. The van der Waals surface area contributed by atoms with Gasteiger partial charge in [0.15, 0.2) is 6.23 Å². The highest BCUT2D eigenvalue weighted by atomic mass is 16.6. The molecule has 166 valence electrons. The molecule has 2 saturated heterocycles. The van der Waals surface area contributed by atoms with Gasteiger partial charge in [0.05, 0.1) is 18.8 Å². The molecule has 3 fully saturated rings. The molecule has 31 heavy (non-hydrogen) atoms. The average Bonchev–Trinajstić information content (AvgIpc) is 3.22. The van der Waals surface area contributed by atoms with Gasteiger partial charge in [-0.3, -0.25) is 9.36 Å². The number of aliphatic hydroxyl groups is 1. The lowest BCUT2D eigenvalue weighted by Crippen LogP contribution is -2.57. The van der Waals surface area contributed by atoms with Crippen molar-refractivity contribution in [3.05, 3.63) is 68.5 Å². The zero-order valence-electron chi connectivity index (χ0n) is 17.8. The van der Waals surface area contributed by atoms with Crippen molar-refractivity contribution in [3.63, 3.8) is 0 Å². The molecular weight excluding hydrogens is 400 g/mol. The molecule has 3 heterocycles. The first kappa shape index (κ1) is 20.6. The number of benzene rings is 1. The van der Waals surface area contributed by atoms with Gasteiger partial charge in [0.2, 0.25) is 0 Å². The first-order chi connectivity index (χ1) is 14.9. The van der Waals surface area contributed by atoms with Crippen LogP contribution in [0.2, 0.25) is 0 Å². The Morgan fingerprint density at radius 1 is 1.23 bits per heavy atom. The van der Waals surface area contributed by atoms with Crippen molar-refractivity contribution in [3.8, 4) is 0 Å². The van der Waals surface area contributed by atoms with Gasteiger partial charge in [-0.15, -0.1) is 0 Å². The summed E-state index contributed by atoms with van der Waals surface area (Å²) < 4.78 is 20.8. The van der Waals surface area contributed by atoms with E-state index in [1.807, 2.05) is 37.3 Å². The third-order valence-electron chi connectivity index (χ3n) is 7.07. The highest BCUT2D eigenvalue weighted by Crippen LogP contribution is 2.57. The van der Waals surface area contributed by atoms with E-state index in [0.29, 0.717) is 18.6 Å². The smallest absolute Gasteiger partial charge is 0.335 e. The van der Waals surface area contributed by atoms with Crippen LogP contribution in [0.15, 0.2) is 46.1 Å². The van der Waals surface area contributed by atoms with Gasteiger partial charge >= 0.3 is 5.69 Å². The third-order valence-corrected chi connectivity index (χ3v) is 7.07. The van der Waals surface area contributed by atoms with Crippen molar-refractivity contribution in [1.29, 1.82) is 0 Å². The number of aromatic nitrogens is 2. The summed E-state index contributed by atoms with van der Waals surface area (Å²) in [6.45, 7) is 3.81. The van der Waals surface area contributed by atoms with Gasteiger partial charge in [0.1, 0.15) is 18.4 Å². The summed E-state index contributed by atoms with van der Waals surface area (Å²) in [5, 5.41) is 10.8. The molecular formula is C23H28N2O6. The van der Waals surface area contributed by atoms with Gasteiger partial charge < -0.3 is 19.3 Å². The lowest BCUT2D eigenvalue weighted by Gasteiger charge is -2.44. The van der Waals surface area contributed by atoms with E-state index in [-0.39, 0.29) is 30.4 Å². The maximum atomic E-state index is 13.2. The van der Waals surface area contributed by atoms with Crippen LogP contribution in [-0.4, -0.2) is 38.2 Å². The molecule has 5 rings (SSSR count). The zero-order chi connectivity index (χ0) is 21.8. The van der Waals surface area contributed by atoms with E-state index in [0.717, 1.165) is 23.0 Å². The molecule has 1 saturated carbocycles. The SMILES string of the molecule is Cc1cn([C@@H]2OC34C(C)[C@@H]2O[C@@H]3CCC[C@H]4O)c(=O)n(COCc2ccccc2)c1=O. The summed E-state index contributed by atoms with van der Waals surface area (Å²) in [6.07, 6.45) is 2.08. The van der Waals surface area contributed by atoms with Crippen LogP contribution in [0, 0.1) is 12.8 Å². The molecule has 0 radical (unpaired) electrons. The molecule has 8 nitrogen and oxygen atoms in total. The van der Waals surface area contributed by atoms with Gasteiger partial charge in [0, 0.05) is 17.7 Å². The number of ether oxygens (including phenoxy) is 3. The molecule has 1 spiro atoms. The molecule has 2 unspecified atom stereocenters. The van der Waals surface area contributed by atoms with E-state index >= 15 is 0 Å². The highest BCUT2D eigenvalue weighted by Gasteiger charge is 2.68. The second kappa shape index (κ2) is 7.70. The maximum absolute atomic E-state index is 13.2. The molecule has 2 bridgehead atoms. The number of fused-ring (bicyclic) bond motifs is 1. The van der Waals surface area contributed by atoms with Crippen LogP contribution in [0.25, 0.3) is 0 Å². The van der Waals surface area contributed by atoms with Crippen LogP contribution in [-0.2, 0) is 27.5 Å². The van der Waals surface area contributed by atoms with Gasteiger partial charge in [-0.2, -0.15) is 0 Å². The molecule has 3 aliphatic rings. The summed E-state index contributed by atoms with van der Waals surface area (Å²) in [6, 6.07) is 9.57. The number of aliphatic hydroxyl groups excluding tert-OH is 1. The molecule has 2 aromatic rings. The second-order valence-electron chi connectivity index (χ2n) is 8.88. The first-order valence-corrected chi connectivity index (χ1v) is 10.9. The summed E-state index contributed by atoms with van der Waals surface area (Å²) in [4.78, 5) is 25.9. The van der Waals surface area contributed by atoms with E-state index in [1.165, 1.54) is 10.8 Å². The quantitative estimate of drug-likeness (QED) is 0.780. The third kappa shape index (κ3) is 3.12. The Morgan fingerprint density at radius 3 is 2.77 bits per heavy atom. The van der Waals surface area contributed by atoms with Crippen molar-refractivity contribution >= 4 is 0 Å². The van der Waals surface area contributed by atoms with E-state index in [4.69, 9.17) is 14.2 Å². The van der Waals surface area contributed by atoms with Crippen molar-refractivity contribution in [2.45, 2.75) is 76.6 Å². The largest absolute Gasteiger partial charge is 0.390 e. The fourth-order valence-corrected chi connectivity index (χ4v) is 5.45. The predicted octanol–water partition coefficient (Wildman–Crippen LogP) is 1.71.